The van der Waals surface area contributed by atoms with Crippen LogP contribution in [0.3, 0.4) is 0 Å². The fraction of sp³-hybridized carbons (Fsp3) is 0.250. The Morgan fingerprint density at radius 3 is 2.81 bits per heavy atom. The van der Waals surface area contributed by atoms with Crippen molar-refractivity contribution >= 4 is 5.78 Å². The predicted molar refractivity (Wildman–Crippen MR) is 71.8 cm³/mol. The topological polar surface area (TPSA) is 44.0 Å². The van der Waals surface area contributed by atoms with E-state index in [1.54, 1.807) is 12.1 Å². The number of carbonyl (C=O) groups excluding carboxylic acids is 1. The second kappa shape index (κ2) is 5.24. The molecule has 1 aliphatic rings. The summed E-state index contributed by atoms with van der Waals surface area (Å²) in [5.41, 5.74) is 0.970. The van der Waals surface area contributed by atoms with Crippen molar-refractivity contribution in [2.45, 2.75) is 25.2 Å². The van der Waals surface area contributed by atoms with Crippen LogP contribution in [0.25, 0.3) is 0 Å². The molecular formula is C16H13F2NO2. The number of pyridine rings is 1. The fourth-order valence-corrected chi connectivity index (χ4v) is 2.89. The van der Waals surface area contributed by atoms with Crippen LogP contribution in [-0.4, -0.2) is 5.78 Å². The Morgan fingerprint density at radius 2 is 2.00 bits per heavy atom. The molecule has 0 amide bonds. The summed E-state index contributed by atoms with van der Waals surface area (Å²) < 4.78 is 27.9. The van der Waals surface area contributed by atoms with Gasteiger partial charge in [0.15, 0.2) is 17.8 Å². The van der Waals surface area contributed by atoms with Crippen LogP contribution in [0.2, 0.25) is 0 Å². The van der Waals surface area contributed by atoms with E-state index in [4.69, 9.17) is 0 Å². The van der Waals surface area contributed by atoms with Gasteiger partial charge in [0.1, 0.15) is 0 Å². The molecule has 0 saturated carbocycles. The van der Waals surface area contributed by atoms with Gasteiger partial charge in [0.2, 0.25) is 5.78 Å². The van der Waals surface area contributed by atoms with Gasteiger partial charge in [-0.2, -0.15) is 4.73 Å². The first kappa shape index (κ1) is 13.7. The van der Waals surface area contributed by atoms with E-state index in [0.29, 0.717) is 23.1 Å². The van der Waals surface area contributed by atoms with E-state index < -0.39 is 11.6 Å². The lowest BCUT2D eigenvalue weighted by atomic mass is 9.90. The highest BCUT2D eigenvalue weighted by molar-refractivity contribution is 5.94. The third-order valence-corrected chi connectivity index (χ3v) is 3.92. The minimum absolute atomic E-state index is 0.122. The zero-order chi connectivity index (χ0) is 15.0. The molecule has 0 radical (unpaired) electrons. The molecule has 21 heavy (non-hydrogen) atoms. The van der Waals surface area contributed by atoms with Crippen molar-refractivity contribution in [2.75, 3.05) is 0 Å². The zero-order valence-electron chi connectivity index (χ0n) is 11.2. The standard InChI is InChI=1S/C16H13F2NO2/c17-13-5-1-4-12(15(13)18)10-6-7-14(20)16-11(9-10)3-2-8-19(16)21/h1-5,8,10H,6-7,9H2/t10-/m1/s1. The average molecular weight is 289 g/mol. The molecule has 3 nitrogen and oxygen atoms in total. The van der Waals surface area contributed by atoms with Gasteiger partial charge < -0.3 is 5.21 Å². The van der Waals surface area contributed by atoms with Crippen molar-refractivity contribution < 1.29 is 18.3 Å². The molecule has 108 valence electrons. The highest BCUT2D eigenvalue weighted by Gasteiger charge is 2.30. The maximum absolute atomic E-state index is 13.9. The molecule has 0 N–H and O–H groups in total. The second-order valence-corrected chi connectivity index (χ2v) is 5.21. The summed E-state index contributed by atoms with van der Waals surface area (Å²) >= 11 is 0. The lowest BCUT2D eigenvalue weighted by Crippen LogP contribution is -2.35. The lowest BCUT2D eigenvalue weighted by molar-refractivity contribution is -0.608. The summed E-state index contributed by atoms with van der Waals surface area (Å²) in [4.78, 5) is 12.1. The number of Topliss-reactive ketones (excluding diaryl/α,β-unsaturated/α-hetero) is 1. The van der Waals surface area contributed by atoms with Crippen molar-refractivity contribution in [3.63, 3.8) is 0 Å². The molecule has 1 atom stereocenters. The molecule has 0 spiro atoms. The smallest absolute Gasteiger partial charge is 0.263 e. The first-order chi connectivity index (χ1) is 10.1. The van der Waals surface area contributed by atoms with Gasteiger partial charge in [-0.05, 0) is 36.5 Å². The number of carbonyl (C=O) groups is 1. The Kier molecular flexibility index (Phi) is 3.41. The van der Waals surface area contributed by atoms with Crippen molar-refractivity contribution in [1.29, 1.82) is 0 Å². The maximum Gasteiger partial charge on any atom is 0.263 e. The van der Waals surface area contributed by atoms with E-state index in [0.717, 1.165) is 6.07 Å². The first-order valence-corrected chi connectivity index (χ1v) is 6.76. The molecule has 2 aromatic rings. The van der Waals surface area contributed by atoms with Crippen LogP contribution in [0.5, 0.6) is 0 Å². The van der Waals surface area contributed by atoms with Gasteiger partial charge in [0.05, 0.1) is 0 Å². The summed E-state index contributed by atoms with van der Waals surface area (Å²) in [5.74, 6) is -2.33. The fourth-order valence-electron chi connectivity index (χ4n) is 2.89. The van der Waals surface area contributed by atoms with Crippen molar-refractivity contribution in [1.82, 2.24) is 0 Å². The summed E-state index contributed by atoms with van der Waals surface area (Å²) in [6.07, 6.45) is 2.18. The van der Waals surface area contributed by atoms with Crippen LogP contribution in [0.15, 0.2) is 36.5 Å². The molecule has 0 unspecified atom stereocenters. The average Bonchev–Trinajstić information content (AvgIpc) is 2.62. The number of aromatic nitrogens is 1. The molecule has 5 heteroatoms. The van der Waals surface area contributed by atoms with Crippen LogP contribution >= 0.6 is 0 Å². The van der Waals surface area contributed by atoms with E-state index in [1.165, 1.54) is 18.3 Å². The zero-order valence-corrected chi connectivity index (χ0v) is 11.2. The number of halogens is 2. The highest BCUT2D eigenvalue weighted by Crippen LogP contribution is 2.32. The number of hydrogen-bond acceptors (Lipinski definition) is 2. The molecule has 0 saturated heterocycles. The Hall–Kier alpha value is -2.30. The van der Waals surface area contributed by atoms with Gasteiger partial charge in [0.25, 0.3) is 5.69 Å². The minimum atomic E-state index is -0.893. The van der Waals surface area contributed by atoms with Gasteiger partial charge >= 0.3 is 0 Å². The largest absolute Gasteiger partial charge is 0.618 e. The normalized spacial score (nSPS) is 18.2. The van der Waals surface area contributed by atoms with Crippen molar-refractivity contribution in [2.24, 2.45) is 0 Å². The molecule has 0 fully saturated rings. The van der Waals surface area contributed by atoms with Gasteiger partial charge in [0, 0.05) is 18.1 Å². The van der Waals surface area contributed by atoms with E-state index in [1.807, 2.05) is 0 Å². The Bertz CT molecular complexity index is 715. The molecule has 1 aromatic carbocycles. The summed E-state index contributed by atoms with van der Waals surface area (Å²) in [6, 6.07) is 7.31. The Labute approximate surface area is 120 Å². The molecule has 1 heterocycles. The number of fused-ring (bicyclic) bond motifs is 1. The first-order valence-electron chi connectivity index (χ1n) is 6.76. The number of ketones is 1. The Balaban J connectivity index is 2.04. The molecule has 0 aliphatic heterocycles. The van der Waals surface area contributed by atoms with Crippen molar-refractivity contribution in [3.05, 3.63) is 70.2 Å². The molecular weight excluding hydrogens is 276 g/mol. The van der Waals surface area contributed by atoms with Gasteiger partial charge in [-0.1, -0.05) is 12.1 Å². The van der Waals surface area contributed by atoms with Crippen LogP contribution < -0.4 is 4.73 Å². The monoisotopic (exact) mass is 289 g/mol. The van der Waals surface area contributed by atoms with Gasteiger partial charge in [-0.25, -0.2) is 8.78 Å². The summed E-state index contributed by atoms with van der Waals surface area (Å²) in [7, 11) is 0. The van der Waals surface area contributed by atoms with Crippen LogP contribution in [0.1, 0.15) is 40.4 Å². The Morgan fingerprint density at radius 1 is 1.19 bits per heavy atom. The summed E-state index contributed by atoms with van der Waals surface area (Å²) in [5, 5.41) is 11.8. The van der Waals surface area contributed by atoms with Gasteiger partial charge in [-0.15, -0.1) is 0 Å². The maximum atomic E-state index is 13.9. The third-order valence-electron chi connectivity index (χ3n) is 3.92. The van der Waals surface area contributed by atoms with Crippen LogP contribution in [-0.2, 0) is 6.42 Å². The highest BCUT2D eigenvalue weighted by atomic mass is 19.2. The van der Waals surface area contributed by atoms with Gasteiger partial charge in [-0.3, -0.25) is 4.79 Å². The number of hydrogen-bond donors (Lipinski definition) is 0. The number of nitrogens with zero attached hydrogens (tertiary/aromatic N) is 1. The second-order valence-electron chi connectivity index (χ2n) is 5.21. The minimum Gasteiger partial charge on any atom is -0.618 e. The lowest BCUT2D eigenvalue weighted by Gasteiger charge is -2.15. The molecule has 3 rings (SSSR count). The molecule has 1 aliphatic carbocycles. The number of benzene rings is 1. The molecule has 0 bridgehead atoms. The van der Waals surface area contributed by atoms with E-state index in [9.17, 15) is 18.8 Å². The number of rotatable bonds is 1. The van der Waals surface area contributed by atoms with Crippen LogP contribution in [0.4, 0.5) is 8.78 Å². The van der Waals surface area contributed by atoms with E-state index >= 15 is 0 Å². The van der Waals surface area contributed by atoms with E-state index in [-0.39, 0.29) is 29.4 Å². The third kappa shape index (κ3) is 2.39. The van der Waals surface area contributed by atoms with E-state index in [2.05, 4.69) is 0 Å². The SMILES string of the molecule is O=C1CC[C@@H](c2cccc(F)c2F)Cc2ccc[n+]([O-])c21. The predicted octanol–water partition coefficient (Wildman–Crippen LogP) is 2.90. The quantitative estimate of drug-likeness (QED) is 0.460. The molecule has 1 aromatic heterocycles. The van der Waals surface area contributed by atoms with Crippen LogP contribution in [0, 0.1) is 16.8 Å². The van der Waals surface area contributed by atoms with Crippen molar-refractivity contribution in [3.8, 4) is 0 Å². The summed E-state index contributed by atoms with van der Waals surface area (Å²) in [6.45, 7) is 0.